The fraction of sp³-hybridized carbons (Fsp3) is 0.750. The molecule has 1 atom stereocenters. The Hall–Kier alpha value is -0.620. The summed E-state index contributed by atoms with van der Waals surface area (Å²) in [5.41, 5.74) is 0. The van der Waals surface area contributed by atoms with Crippen LogP contribution in [0.2, 0.25) is 0 Å². The predicted molar refractivity (Wildman–Crippen MR) is 75.5 cm³/mol. The molecule has 3 rings (SSSR count). The summed E-state index contributed by atoms with van der Waals surface area (Å²) in [6.45, 7) is 0.668. The van der Waals surface area contributed by atoms with Crippen molar-refractivity contribution in [2.75, 3.05) is 11.4 Å². The van der Waals surface area contributed by atoms with Crippen molar-refractivity contribution in [1.82, 2.24) is 10.2 Å². The summed E-state index contributed by atoms with van der Waals surface area (Å²) in [6, 6.07) is 0. The van der Waals surface area contributed by atoms with Crippen molar-refractivity contribution in [3.05, 3.63) is 5.01 Å². The molecule has 1 aromatic heterocycles. The van der Waals surface area contributed by atoms with E-state index in [-0.39, 0.29) is 11.2 Å². The zero-order chi connectivity index (χ0) is 12.5. The summed E-state index contributed by atoms with van der Waals surface area (Å²) in [5.74, 6) is 0.691. The average molecular weight is 283 g/mol. The van der Waals surface area contributed by atoms with E-state index < -0.39 is 0 Å². The van der Waals surface area contributed by atoms with Crippen molar-refractivity contribution in [2.45, 2.75) is 49.7 Å². The Labute approximate surface area is 116 Å². The van der Waals surface area contributed by atoms with E-state index in [0.717, 1.165) is 10.1 Å². The van der Waals surface area contributed by atoms with Crippen molar-refractivity contribution in [3.63, 3.8) is 0 Å². The molecule has 0 bridgehead atoms. The molecule has 6 heteroatoms. The molecule has 0 spiro atoms. The Morgan fingerprint density at radius 3 is 2.67 bits per heavy atom. The Morgan fingerprint density at radius 1 is 1.22 bits per heavy atom. The minimum absolute atomic E-state index is 0.126. The number of nitrogens with zero attached hydrogens (tertiary/aromatic N) is 3. The highest BCUT2D eigenvalue weighted by molar-refractivity contribution is 7.81. The summed E-state index contributed by atoms with van der Waals surface area (Å²) >= 11 is 5.96. The molecule has 98 valence electrons. The molecule has 0 aromatic carbocycles. The second kappa shape index (κ2) is 5.17. The van der Waals surface area contributed by atoms with Crippen LogP contribution in [0, 0.1) is 0 Å². The van der Waals surface area contributed by atoms with Gasteiger partial charge in [-0.1, -0.05) is 30.6 Å². The van der Waals surface area contributed by atoms with Crippen LogP contribution in [-0.2, 0) is 4.79 Å². The van der Waals surface area contributed by atoms with Crippen molar-refractivity contribution < 1.29 is 4.79 Å². The molecule has 1 aliphatic heterocycles. The molecule has 4 nitrogen and oxygen atoms in total. The van der Waals surface area contributed by atoms with Crippen molar-refractivity contribution in [2.24, 2.45) is 0 Å². The third kappa shape index (κ3) is 2.40. The zero-order valence-corrected chi connectivity index (χ0v) is 11.9. The number of amides is 1. The van der Waals surface area contributed by atoms with Crippen molar-refractivity contribution >= 4 is 35.0 Å². The smallest absolute Gasteiger partial charge is 0.230 e. The number of carbonyl (C=O) groups excluding carboxylic acids is 1. The van der Waals surface area contributed by atoms with Gasteiger partial charge in [-0.25, -0.2) is 0 Å². The van der Waals surface area contributed by atoms with Gasteiger partial charge in [-0.2, -0.15) is 12.6 Å². The lowest BCUT2D eigenvalue weighted by Crippen LogP contribution is -2.24. The van der Waals surface area contributed by atoms with Gasteiger partial charge in [0.2, 0.25) is 11.0 Å². The minimum atomic E-state index is 0.126. The van der Waals surface area contributed by atoms with Crippen molar-refractivity contribution in [3.8, 4) is 0 Å². The summed E-state index contributed by atoms with van der Waals surface area (Å²) in [6.07, 6.45) is 6.88. The van der Waals surface area contributed by atoms with Gasteiger partial charge < -0.3 is 0 Å². The summed E-state index contributed by atoms with van der Waals surface area (Å²) in [7, 11) is 0. The van der Waals surface area contributed by atoms with Crippen molar-refractivity contribution in [1.29, 1.82) is 0 Å². The van der Waals surface area contributed by atoms with E-state index in [1.54, 1.807) is 16.2 Å². The van der Waals surface area contributed by atoms with E-state index >= 15 is 0 Å². The first-order valence-electron chi connectivity index (χ1n) is 6.56. The van der Waals surface area contributed by atoms with Gasteiger partial charge in [0.1, 0.15) is 5.01 Å². The van der Waals surface area contributed by atoms with Gasteiger partial charge in [0.25, 0.3) is 0 Å². The quantitative estimate of drug-likeness (QED) is 0.849. The maximum Gasteiger partial charge on any atom is 0.230 e. The summed E-state index contributed by atoms with van der Waals surface area (Å²) < 4.78 is 0. The van der Waals surface area contributed by atoms with Crippen LogP contribution in [0.4, 0.5) is 5.13 Å². The molecule has 1 unspecified atom stereocenters. The van der Waals surface area contributed by atoms with Crippen LogP contribution in [0.5, 0.6) is 0 Å². The standard InChI is InChI=1S/C12H17N3OS2/c16-10-6-9(17)7-15(10)12-14-13-11(18-12)8-4-2-1-3-5-8/h8-9,17H,1-7H2. The summed E-state index contributed by atoms with van der Waals surface area (Å²) in [5, 5.41) is 10.5. The summed E-state index contributed by atoms with van der Waals surface area (Å²) in [4.78, 5) is 13.5. The number of rotatable bonds is 2. The maximum absolute atomic E-state index is 11.8. The van der Waals surface area contributed by atoms with E-state index in [2.05, 4.69) is 22.8 Å². The topological polar surface area (TPSA) is 46.1 Å². The van der Waals surface area contributed by atoms with Gasteiger partial charge in [-0.05, 0) is 12.8 Å². The molecule has 2 aliphatic rings. The first-order chi connectivity index (χ1) is 8.74. The Bertz CT molecular complexity index is 442. The average Bonchev–Trinajstić information content (AvgIpc) is 2.97. The van der Waals surface area contributed by atoms with Crippen LogP contribution in [0.15, 0.2) is 0 Å². The van der Waals surface area contributed by atoms with Crippen LogP contribution >= 0.6 is 24.0 Å². The number of anilines is 1. The fourth-order valence-electron chi connectivity index (χ4n) is 2.72. The largest absolute Gasteiger partial charge is 0.286 e. The lowest BCUT2D eigenvalue weighted by Gasteiger charge is -2.18. The van der Waals surface area contributed by atoms with Crippen LogP contribution in [0.25, 0.3) is 0 Å². The van der Waals surface area contributed by atoms with E-state index in [1.165, 1.54) is 32.1 Å². The first kappa shape index (κ1) is 12.4. The molecule has 1 saturated carbocycles. The van der Waals surface area contributed by atoms with Gasteiger partial charge in [0.05, 0.1) is 0 Å². The number of hydrogen-bond donors (Lipinski definition) is 1. The Morgan fingerprint density at radius 2 is 2.00 bits per heavy atom. The fourth-order valence-corrected chi connectivity index (χ4v) is 4.08. The van der Waals surface area contributed by atoms with E-state index in [4.69, 9.17) is 0 Å². The van der Waals surface area contributed by atoms with Gasteiger partial charge in [-0.15, -0.1) is 10.2 Å². The lowest BCUT2D eigenvalue weighted by molar-refractivity contribution is -0.117. The SMILES string of the molecule is O=C1CC(S)CN1c1nnc(C2CCCCC2)s1. The van der Waals surface area contributed by atoms with Crippen LogP contribution < -0.4 is 4.90 Å². The highest BCUT2D eigenvalue weighted by Gasteiger charge is 2.31. The van der Waals surface area contributed by atoms with Gasteiger partial charge in [-0.3, -0.25) is 9.69 Å². The molecule has 0 N–H and O–H groups in total. The third-order valence-electron chi connectivity index (χ3n) is 3.72. The maximum atomic E-state index is 11.8. The number of thiol groups is 1. The van der Waals surface area contributed by atoms with E-state index in [9.17, 15) is 4.79 Å². The monoisotopic (exact) mass is 283 g/mol. The molecule has 18 heavy (non-hydrogen) atoms. The number of hydrogen-bond acceptors (Lipinski definition) is 5. The number of carbonyl (C=O) groups is 1. The third-order valence-corrected chi connectivity index (χ3v) is 5.17. The van der Waals surface area contributed by atoms with Crippen LogP contribution in [-0.4, -0.2) is 27.9 Å². The molecular weight excluding hydrogens is 266 g/mol. The number of aromatic nitrogens is 2. The van der Waals surface area contributed by atoms with Crippen LogP contribution in [0.3, 0.4) is 0 Å². The Balaban J connectivity index is 1.74. The second-order valence-electron chi connectivity index (χ2n) is 5.12. The molecule has 1 amide bonds. The second-order valence-corrected chi connectivity index (χ2v) is 6.84. The molecule has 1 saturated heterocycles. The normalized spacial score (nSPS) is 25.9. The molecule has 1 aliphatic carbocycles. The van der Waals surface area contributed by atoms with E-state index in [0.29, 0.717) is 18.9 Å². The molecule has 2 fully saturated rings. The highest BCUT2D eigenvalue weighted by atomic mass is 32.1. The van der Waals surface area contributed by atoms with E-state index in [1.807, 2.05) is 0 Å². The molecule has 1 aromatic rings. The van der Waals surface area contributed by atoms with Gasteiger partial charge >= 0.3 is 0 Å². The minimum Gasteiger partial charge on any atom is -0.286 e. The predicted octanol–water partition coefficient (Wildman–Crippen LogP) is 2.62. The lowest BCUT2D eigenvalue weighted by atomic mass is 9.90. The molecule has 0 radical (unpaired) electrons. The molecule has 2 heterocycles. The Kier molecular flexibility index (Phi) is 3.56. The van der Waals surface area contributed by atoms with Gasteiger partial charge in [0, 0.05) is 24.1 Å². The highest BCUT2D eigenvalue weighted by Crippen LogP contribution is 2.37. The molecular formula is C12H17N3OS2. The van der Waals surface area contributed by atoms with Crippen LogP contribution in [0.1, 0.15) is 49.5 Å². The van der Waals surface area contributed by atoms with Gasteiger partial charge in [0.15, 0.2) is 0 Å². The first-order valence-corrected chi connectivity index (χ1v) is 7.89. The zero-order valence-electron chi connectivity index (χ0n) is 10.2.